The Kier molecular flexibility index (Phi) is 2.68. The molecule has 0 radical (unpaired) electrons. The lowest BCUT2D eigenvalue weighted by molar-refractivity contribution is 0.117. The molecule has 0 aromatic carbocycles. The molecule has 3 rings (SSSR count). The number of nitrogens with one attached hydrogen (secondary N) is 1. The van der Waals surface area contributed by atoms with Crippen molar-refractivity contribution in [1.82, 2.24) is 15.2 Å². The van der Waals surface area contributed by atoms with Crippen molar-refractivity contribution in [3.05, 3.63) is 30.1 Å². The van der Waals surface area contributed by atoms with Crippen molar-refractivity contribution < 1.29 is 9.53 Å². The van der Waals surface area contributed by atoms with E-state index in [1.165, 1.54) is 0 Å². The van der Waals surface area contributed by atoms with Gasteiger partial charge in [-0.1, -0.05) is 6.07 Å². The van der Waals surface area contributed by atoms with E-state index >= 15 is 0 Å². The molecule has 0 spiro atoms. The standard InChI is InChI=1S/C12H15N3O2/c16-12-15(8-9-3-1-2-5-14-9)10-7-13-6-4-11(10)17-12/h1-3,5,10-11,13H,4,6-8H2. The number of ether oxygens (including phenoxy) is 1. The number of pyridine rings is 1. The van der Waals surface area contributed by atoms with Crippen LogP contribution >= 0.6 is 0 Å². The van der Waals surface area contributed by atoms with Crippen LogP contribution in [-0.4, -0.2) is 41.2 Å². The summed E-state index contributed by atoms with van der Waals surface area (Å²) in [7, 11) is 0. The lowest BCUT2D eigenvalue weighted by Crippen LogP contribution is -2.48. The second-order valence-electron chi connectivity index (χ2n) is 4.43. The van der Waals surface area contributed by atoms with E-state index in [4.69, 9.17) is 4.74 Å². The summed E-state index contributed by atoms with van der Waals surface area (Å²) in [6, 6.07) is 5.88. The number of hydrogen-bond donors (Lipinski definition) is 1. The van der Waals surface area contributed by atoms with Crippen LogP contribution in [0.25, 0.3) is 0 Å². The van der Waals surface area contributed by atoms with Crippen LogP contribution < -0.4 is 5.32 Å². The van der Waals surface area contributed by atoms with Gasteiger partial charge >= 0.3 is 6.09 Å². The van der Waals surface area contributed by atoms with Crippen LogP contribution in [0.4, 0.5) is 4.79 Å². The Labute approximate surface area is 99.8 Å². The Balaban J connectivity index is 1.76. The van der Waals surface area contributed by atoms with Gasteiger partial charge in [0.1, 0.15) is 6.10 Å². The molecule has 5 heteroatoms. The molecule has 2 fully saturated rings. The third kappa shape index (κ3) is 1.98. The minimum Gasteiger partial charge on any atom is -0.444 e. The van der Waals surface area contributed by atoms with Gasteiger partial charge < -0.3 is 10.1 Å². The Bertz CT molecular complexity index is 409. The molecule has 0 aliphatic carbocycles. The van der Waals surface area contributed by atoms with Gasteiger partial charge in [-0.25, -0.2) is 4.79 Å². The summed E-state index contributed by atoms with van der Waals surface area (Å²) < 4.78 is 5.37. The van der Waals surface area contributed by atoms with Gasteiger partial charge in [0.2, 0.25) is 0 Å². The number of amides is 1. The first kappa shape index (κ1) is 10.5. The smallest absolute Gasteiger partial charge is 0.410 e. The van der Waals surface area contributed by atoms with Gasteiger partial charge in [0.25, 0.3) is 0 Å². The third-order valence-electron chi connectivity index (χ3n) is 3.33. The van der Waals surface area contributed by atoms with E-state index in [1.54, 1.807) is 11.1 Å². The molecule has 2 aliphatic heterocycles. The molecule has 90 valence electrons. The molecule has 1 N–H and O–H groups in total. The molecule has 2 saturated heterocycles. The van der Waals surface area contributed by atoms with E-state index in [2.05, 4.69) is 10.3 Å². The van der Waals surface area contributed by atoms with E-state index in [9.17, 15) is 4.79 Å². The molecular weight excluding hydrogens is 218 g/mol. The van der Waals surface area contributed by atoms with E-state index < -0.39 is 0 Å². The monoisotopic (exact) mass is 233 g/mol. The Morgan fingerprint density at radius 3 is 3.29 bits per heavy atom. The maximum absolute atomic E-state index is 11.8. The number of piperidine rings is 1. The predicted octanol–water partition coefficient (Wildman–Crippen LogP) is 0.764. The largest absolute Gasteiger partial charge is 0.444 e. The first-order valence-corrected chi connectivity index (χ1v) is 5.92. The van der Waals surface area contributed by atoms with Gasteiger partial charge in [0.15, 0.2) is 0 Å². The number of aromatic nitrogens is 1. The molecule has 1 aromatic heterocycles. The number of rotatable bonds is 2. The minimum atomic E-state index is -0.214. The van der Waals surface area contributed by atoms with Crippen LogP contribution in [0.1, 0.15) is 12.1 Å². The van der Waals surface area contributed by atoms with E-state index in [-0.39, 0.29) is 18.2 Å². The summed E-state index contributed by atoms with van der Waals surface area (Å²) in [5.74, 6) is 0. The number of fused-ring (bicyclic) bond motifs is 1. The highest BCUT2D eigenvalue weighted by Crippen LogP contribution is 2.25. The van der Waals surface area contributed by atoms with Crippen LogP contribution in [0.5, 0.6) is 0 Å². The zero-order valence-corrected chi connectivity index (χ0v) is 9.50. The second kappa shape index (κ2) is 4.33. The zero-order valence-electron chi connectivity index (χ0n) is 9.50. The molecule has 1 amide bonds. The highest BCUT2D eigenvalue weighted by atomic mass is 16.6. The molecular formula is C12H15N3O2. The average Bonchev–Trinajstić information content (AvgIpc) is 2.68. The van der Waals surface area contributed by atoms with E-state index in [0.29, 0.717) is 6.54 Å². The highest BCUT2D eigenvalue weighted by Gasteiger charge is 2.42. The number of nitrogens with zero attached hydrogens (tertiary/aromatic N) is 2. The van der Waals surface area contributed by atoms with E-state index in [1.807, 2.05) is 18.2 Å². The normalized spacial score (nSPS) is 27.8. The van der Waals surface area contributed by atoms with Crippen molar-refractivity contribution in [2.75, 3.05) is 13.1 Å². The first-order valence-electron chi connectivity index (χ1n) is 5.92. The van der Waals surface area contributed by atoms with Crippen molar-refractivity contribution in [1.29, 1.82) is 0 Å². The molecule has 2 unspecified atom stereocenters. The Hall–Kier alpha value is -1.62. The van der Waals surface area contributed by atoms with Gasteiger partial charge in [-0.2, -0.15) is 0 Å². The van der Waals surface area contributed by atoms with E-state index in [0.717, 1.165) is 25.2 Å². The molecule has 0 bridgehead atoms. The van der Waals surface area contributed by atoms with Crippen LogP contribution in [-0.2, 0) is 11.3 Å². The van der Waals surface area contributed by atoms with Crippen molar-refractivity contribution in [2.24, 2.45) is 0 Å². The van der Waals surface area contributed by atoms with Gasteiger partial charge in [-0.3, -0.25) is 9.88 Å². The molecule has 3 heterocycles. The minimum absolute atomic E-state index is 0.0486. The number of carbonyl (C=O) groups excluding carboxylic acids is 1. The first-order chi connectivity index (χ1) is 8.34. The van der Waals surface area contributed by atoms with Crippen LogP contribution in [0.15, 0.2) is 24.4 Å². The van der Waals surface area contributed by atoms with Crippen molar-refractivity contribution in [3.63, 3.8) is 0 Å². The van der Waals surface area contributed by atoms with Crippen molar-refractivity contribution in [2.45, 2.75) is 25.1 Å². The van der Waals surface area contributed by atoms with Gasteiger partial charge in [-0.15, -0.1) is 0 Å². The molecule has 0 saturated carbocycles. The number of hydrogen-bond acceptors (Lipinski definition) is 4. The average molecular weight is 233 g/mol. The lowest BCUT2D eigenvalue weighted by atomic mass is 10.0. The van der Waals surface area contributed by atoms with Crippen LogP contribution in [0.3, 0.4) is 0 Å². The van der Waals surface area contributed by atoms with Crippen molar-refractivity contribution >= 4 is 6.09 Å². The summed E-state index contributed by atoms with van der Waals surface area (Å²) in [4.78, 5) is 17.8. The van der Waals surface area contributed by atoms with Gasteiger partial charge in [0.05, 0.1) is 18.3 Å². The predicted molar refractivity (Wildman–Crippen MR) is 61.3 cm³/mol. The highest BCUT2D eigenvalue weighted by molar-refractivity contribution is 5.70. The van der Waals surface area contributed by atoms with Crippen molar-refractivity contribution in [3.8, 4) is 0 Å². The summed E-state index contributed by atoms with van der Waals surface area (Å²) in [5.41, 5.74) is 0.899. The Morgan fingerprint density at radius 2 is 2.47 bits per heavy atom. The second-order valence-corrected chi connectivity index (χ2v) is 4.43. The fourth-order valence-corrected chi connectivity index (χ4v) is 2.45. The molecule has 2 atom stereocenters. The van der Waals surface area contributed by atoms with Crippen LogP contribution in [0, 0.1) is 0 Å². The molecule has 2 aliphatic rings. The van der Waals surface area contributed by atoms with Gasteiger partial charge in [0, 0.05) is 12.7 Å². The van der Waals surface area contributed by atoms with Crippen LogP contribution in [0.2, 0.25) is 0 Å². The molecule has 1 aromatic rings. The quantitative estimate of drug-likeness (QED) is 0.819. The lowest BCUT2D eigenvalue weighted by Gasteiger charge is -2.28. The SMILES string of the molecule is O=C1OC2CCNCC2N1Cc1ccccn1. The van der Waals surface area contributed by atoms with Gasteiger partial charge in [-0.05, 0) is 25.1 Å². The maximum atomic E-state index is 11.8. The summed E-state index contributed by atoms with van der Waals surface area (Å²) in [5, 5.41) is 3.30. The fourth-order valence-electron chi connectivity index (χ4n) is 2.45. The zero-order chi connectivity index (χ0) is 11.7. The number of carbonyl (C=O) groups is 1. The fraction of sp³-hybridized carbons (Fsp3) is 0.500. The molecule has 5 nitrogen and oxygen atoms in total. The summed E-state index contributed by atoms with van der Waals surface area (Å²) in [6.45, 7) is 2.26. The third-order valence-corrected chi connectivity index (χ3v) is 3.33. The molecule has 17 heavy (non-hydrogen) atoms. The summed E-state index contributed by atoms with van der Waals surface area (Å²) >= 11 is 0. The topological polar surface area (TPSA) is 54.5 Å². The summed E-state index contributed by atoms with van der Waals surface area (Å²) in [6.07, 6.45) is 2.48. The maximum Gasteiger partial charge on any atom is 0.410 e. The Morgan fingerprint density at radius 1 is 1.53 bits per heavy atom.